The zero-order chi connectivity index (χ0) is 20.9. The van der Waals surface area contributed by atoms with Gasteiger partial charge in [-0.05, 0) is 42.2 Å². The van der Waals surface area contributed by atoms with Crippen LogP contribution >= 0.6 is 0 Å². The van der Waals surface area contributed by atoms with Crippen LogP contribution in [0, 0.1) is 5.92 Å². The fourth-order valence-electron chi connectivity index (χ4n) is 4.27. The van der Waals surface area contributed by atoms with Crippen LogP contribution < -0.4 is 15.6 Å². The molecule has 0 radical (unpaired) electrons. The second kappa shape index (κ2) is 9.11. The molecule has 6 heteroatoms. The number of nitrogens with one attached hydrogen (secondary N) is 2. The highest BCUT2D eigenvalue weighted by Gasteiger charge is 2.16. The van der Waals surface area contributed by atoms with Gasteiger partial charge in [-0.1, -0.05) is 43.9 Å². The average Bonchev–Trinajstić information content (AvgIpc) is 3.28. The molecule has 156 valence electrons. The summed E-state index contributed by atoms with van der Waals surface area (Å²) in [6.07, 6.45) is 7.07. The third kappa shape index (κ3) is 4.70. The van der Waals surface area contributed by atoms with Gasteiger partial charge >= 0.3 is 0 Å². The summed E-state index contributed by atoms with van der Waals surface area (Å²) in [5.74, 6) is 1.47. The molecule has 2 N–H and O–H groups in total. The molecular weight excluding hydrogens is 378 g/mol. The maximum Gasteiger partial charge on any atom is 0.272 e. The summed E-state index contributed by atoms with van der Waals surface area (Å²) in [5.41, 5.74) is 2.20. The van der Waals surface area contributed by atoms with E-state index in [0.717, 1.165) is 28.8 Å². The summed E-state index contributed by atoms with van der Waals surface area (Å²) >= 11 is 0. The van der Waals surface area contributed by atoms with Crippen LogP contribution in [0.3, 0.4) is 0 Å². The van der Waals surface area contributed by atoms with E-state index >= 15 is 0 Å². The SMILES string of the molecule is COc1cccc(Cc2n[nH]c(=O)c3cc(NC(=O)CCC4CCCC4)ccc23)c1. The van der Waals surface area contributed by atoms with E-state index in [1.165, 1.54) is 25.7 Å². The Labute approximate surface area is 175 Å². The Balaban J connectivity index is 1.51. The van der Waals surface area contributed by atoms with Crippen molar-refractivity contribution in [2.24, 2.45) is 5.92 Å². The minimum absolute atomic E-state index is 0.00309. The number of aromatic amines is 1. The predicted octanol–water partition coefficient (Wildman–Crippen LogP) is 4.43. The molecule has 1 fully saturated rings. The van der Waals surface area contributed by atoms with Crippen molar-refractivity contribution in [2.45, 2.75) is 44.9 Å². The highest BCUT2D eigenvalue weighted by molar-refractivity contribution is 5.94. The number of carbonyl (C=O) groups is 1. The summed E-state index contributed by atoms with van der Waals surface area (Å²) in [6.45, 7) is 0. The minimum Gasteiger partial charge on any atom is -0.497 e. The number of hydrogen-bond acceptors (Lipinski definition) is 4. The first-order valence-corrected chi connectivity index (χ1v) is 10.6. The highest BCUT2D eigenvalue weighted by Crippen LogP contribution is 2.29. The molecule has 1 saturated carbocycles. The van der Waals surface area contributed by atoms with E-state index in [2.05, 4.69) is 15.5 Å². The van der Waals surface area contributed by atoms with Crippen LogP contribution in [0.5, 0.6) is 5.75 Å². The van der Waals surface area contributed by atoms with E-state index in [4.69, 9.17) is 4.74 Å². The van der Waals surface area contributed by atoms with E-state index in [9.17, 15) is 9.59 Å². The first-order chi connectivity index (χ1) is 14.6. The second-order valence-electron chi connectivity index (χ2n) is 8.03. The smallest absolute Gasteiger partial charge is 0.272 e. The van der Waals surface area contributed by atoms with Crippen molar-refractivity contribution >= 4 is 22.4 Å². The molecule has 0 saturated heterocycles. The molecule has 30 heavy (non-hydrogen) atoms. The van der Waals surface area contributed by atoms with E-state index in [-0.39, 0.29) is 11.5 Å². The monoisotopic (exact) mass is 405 g/mol. The Morgan fingerprint density at radius 1 is 1.17 bits per heavy atom. The Bertz CT molecular complexity index is 1100. The number of amides is 1. The molecule has 6 nitrogen and oxygen atoms in total. The van der Waals surface area contributed by atoms with Crippen LogP contribution in [0.25, 0.3) is 10.8 Å². The van der Waals surface area contributed by atoms with Crippen LogP contribution in [0.1, 0.15) is 49.8 Å². The van der Waals surface area contributed by atoms with Gasteiger partial charge in [0.05, 0.1) is 18.2 Å². The third-order valence-electron chi connectivity index (χ3n) is 5.91. The van der Waals surface area contributed by atoms with Crippen LogP contribution in [-0.4, -0.2) is 23.2 Å². The molecule has 2 aromatic carbocycles. The molecular formula is C24H27N3O3. The van der Waals surface area contributed by atoms with Crippen molar-refractivity contribution in [3.8, 4) is 5.75 Å². The van der Waals surface area contributed by atoms with Crippen LogP contribution in [0.2, 0.25) is 0 Å². The molecule has 1 aliphatic carbocycles. The van der Waals surface area contributed by atoms with Gasteiger partial charge < -0.3 is 10.1 Å². The zero-order valence-corrected chi connectivity index (χ0v) is 17.2. The number of carbonyl (C=O) groups excluding carboxylic acids is 1. The largest absolute Gasteiger partial charge is 0.497 e. The van der Waals surface area contributed by atoms with Crippen molar-refractivity contribution in [3.05, 3.63) is 64.1 Å². The molecule has 0 aliphatic heterocycles. The molecule has 1 amide bonds. The number of fused-ring (bicyclic) bond motifs is 1. The maximum atomic E-state index is 12.4. The summed E-state index contributed by atoms with van der Waals surface area (Å²) in [7, 11) is 1.64. The number of ether oxygens (including phenoxy) is 1. The van der Waals surface area contributed by atoms with E-state index < -0.39 is 0 Å². The lowest BCUT2D eigenvalue weighted by atomic mass is 10.0. The van der Waals surface area contributed by atoms with Gasteiger partial charge in [0.1, 0.15) is 5.75 Å². The summed E-state index contributed by atoms with van der Waals surface area (Å²) in [5, 5.41) is 11.1. The molecule has 4 rings (SSSR count). The number of nitrogens with zero attached hydrogens (tertiary/aromatic N) is 1. The first kappa shape index (κ1) is 20.1. The van der Waals surface area contributed by atoms with Gasteiger partial charge in [0.2, 0.25) is 5.91 Å². The molecule has 0 bridgehead atoms. The van der Waals surface area contributed by atoms with Gasteiger partial charge in [0, 0.05) is 23.9 Å². The average molecular weight is 405 g/mol. The van der Waals surface area contributed by atoms with Crippen molar-refractivity contribution in [1.82, 2.24) is 10.2 Å². The standard InChI is InChI=1S/C24H27N3O3/c1-30-19-8-4-7-17(13-19)14-22-20-11-10-18(15-21(20)24(29)27-26-22)25-23(28)12-9-16-5-2-3-6-16/h4,7-8,10-11,13,15-16H,2-3,5-6,9,12,14H2,1H3,(H,25,28)(H,27,29). The Morgan fingerprint density at radius 3 is 2.80 bits per heavy atom. The van der Waals surface area contributed by atoms with Gasteiger partial charge in [-0.15, -0.1) is 0 Å². The van der Waals surface area contributed by atoms with Crippen LogP contribution in [0.15, 0.2) is 47.3 Å². The number of rotatable bonds is 7. The molecule has 0 atom stereocenters. The minimum atomic E-state index is -0.263. The van der Waals surface area contributed by atoms with Gasteiger partial charge in [-0.25, -0.2) is 5.10 Å². The normalized spacial score (nSPS) is 14.2. The third-order valence-corrected chi connectivity index (χ3v) is 5.91. The zero-order valence-electron chi connectivity index (χ0n) is 17.2. The summed E-state index contributed by atoms with van der Waals surface area (Å²) < 4.78 is 5.29. The number of aromatic nitrogens is 2. The van der Waals surface area contributed by atoms with Gasteiger partial charge in [0.15, 0.2) is 0 Å². The van der Waals surface area contributed by atoms with Crippen molar-refractivity contribution in [3.63, 3.8) is 0 Å². The van der Waals surface area contributed by atoms with Crippen molar-refractivity contribution < 1.29 is 9.53 Å². The van der Waals surface area contributed by atoms with Gasteiger partial charge in [-0.3, -0.25) is 9.59 Å². The number of hydrogen-bond donors (Lipinski definition) is 2. The first-order valence-electron chi connectivity index (χ1n) is 10.6. The Morgan fingerprint density at radius 2 is 2.00 bits per heavy atom. The fraction of sp³-hybridized carbons (Fsp3) is 0.375. The second-order valence-corrected chi connectivity index (χ2v) is 8.03. The number of anilines is 1. The number of H-pyrrole nitrogens is 1. The number of benzene rings is 2. The van der Waals surface area contributed by atoms with E-state index in [1.54, 1.807) is 13.2 Å². The van der Waals surface area contributed by atoms with E-state index in [0.29, 0.717) is 29.8 Å². The molecule has 1 heterocycles. The Hall–Kier alpha value is -3.15. The Kier molecular flexibility index (Phi) is 6.12. The lowest BCUT2D eigenvalue weighted by molar-refractivity contribution is -0.116. The molecule has 3 aromatic rings. The number of methoxy groups -OCH3 is 1. The summed E-state index contributed by atoms with van der Waals surface area (Å²) in [6, 6.07) is 13.2. The lowest BCUT2D eigenvalue weighted by Gasteiger charge is -2.11. The molecule has 0 spiro atoms. The molecule has 1 aromatic heterocycles. The van der Waals surface area contributed by atoms with Crippen molar-refractivity contribution in [1.29, 1.82) is 0 Å². The molecule has 0 unspecified atom stereocenters. The summed E-state index contributed by atoms with van der Waals surface area (Å²) in [4.78, 5) is 24.7. The van der Waals surface area contributed by atoms with Crippen LogP contribution in [0.4, 0.5) is 5.69 Å². The fourth-order valence-corrected chi connectivity index (χ4v) is 4.27. The predicted molar refractivity (Wildman–Crippen MR) is 118 cm³/mol. The highest BCUT2D eigenvalue weighted by atomic mass is 16.5. The maximum absolute atomic E-state index is 12.4. The van der Waals surface area contributed by atoms with Gasteiger partial charge in [-0.2, -0.15) is 5.10 Å². The van der Waals surface area contributed by atoms with Crippen LogP contribution in [-0.2, 0) is 11.2 Å². The van der Waals surface area contributed by atoms with E-state index in [1.807, 2.05) is 36.4 Å². The van der Waals surface area contributed by atoms with Gasteiger partial charge in [0.25, 0.3) is 5.56 Å². The molecule has 1 aliphatic rings. The van der Waals surface area contributed by atoms with Crippen molar-refractivity contribution in [2.75, 3.05) is 12.4 Å². The quantitative estimate of drug-likeness (QED) is 0.609. The topological polar surface area (TPSA) is 84.1 Å². The lowest BCUT2D eigenvalue weighted by Crippen LogP contribution is -2.15.